The summed E-state index contributed by atoms with van der Waals surface area (Å²) in [7, 11) is 0. The van der Waals surface area contributed by atoms with E-state index in [1.54, 1.807) is 0 Å². The maximum Gasteiger partial charge on any atom is 0.0500 e. The van der Waals surface area contributed by atoms with Crippen molar-refractivity contribution >= 4 is 23.2 Å². The Balaban J connectivity index is 1.85. The molecule has 2 atom stereocenters. The summed E-state index contributed by atoms with van der Waals surface area (Å²) in [5.41, 5.74) is 7.08. The average Bonchev–Trinajstić information content (AvgIpc) is 2.81. The predicted molar refractivity (Wildman–Crippen MR) is 89.0 cm³/mol. The van der Waals surface area contributed by atoms with Crippen LogP contribution in [0.1, 0.15) is 30.9 Å². The Morgan fingerprint density at radius 3 is 2.57 bits per heavy atom. The van der Waals surface area contributed by atoms with E-state index in [4.69, 9.17) is 28.9 Å². The number of rotatable bonds is 3. The van der Waals surface area contributed by atoms with Crippen LogP contribution in [0.3, 0.4) is 0 Å². The Morgan fingerprint density at radius 1 is 1.14 bits per heavy atom. The van der Waals surface area contributed by atoms with Crippen molar-refractivity contribution in [3.05, 3.63) is 33.8 Å². The van der Waals surface area contributed by atoms with E-state index >= 15 is 0 Å². The van der Waals surface area contributed by atoms with Gasteiger partial charge in [0, 0.05) is 41.3 Å². The molecule has 0 bridgehead atoms. The molecule has 2 aliphatic rings. The van der Waals surface area contributed by atoms with Crippen LogP contribution in [-0.2, 0) is 0 Å². The summed E-state index contributed by atoms with van der Waals surface area (Å²) in [5.74, 6) is 0. The summed E-state index contributed by atoms with van der Waals surface area (Å²) in [6.07, 6.45) is 3.80. The van der Waals surface area contributed by atoms with Gasteiger partial charge >= 0.3 is 0 Å². The van der Waals surface area contributed by atoms with Gasteiger partial charge in [-0.3, -0.25) is 9.80 Å². The first kappa shape index (κ1) is 15.6. The third-order valence-electron chi connectivity index (χ3n) is 4.83. The summed E-state index contributed by atoms with van der Waals surface area (Å²) in [5, 5.41) is 1.45. The Hall–Kier alpha value is -0.320. The van der Waals surface area contributed by atoms with Crippen LogP contribution in [0.4, 0.5) is 0 Å². The van der Waals surface area contributed by atoms with Gasteiger partial charge in [-0.2, -0.15) is 0 Å². The molecule has 0 aliphatic carbocycles. The van der Waals surface area contributed by atoms with Gasteiger partial charge in [-0.05, 0) is 44.5 Å². The zero-order valence-electron chi connectivity index (χ0n) is 12.3. The van der Waals surface area contributed by atoms with Crippen LogP contribution >= 0.6 is 23.2 Å². The van der Waals surface area contributed by atoms with Crippen LogP contribution in [0.5, 0.6) is 0 Å². The zero-order chi connectivity index (χ0) is 14.8. The lowest BCUT2D eigenvalue weighted by Gasteiger charge is -2.33. The third-order valence-corrected chi connectivity index (χ3v) is 5.49. The molecule has 116 valence electrons. The van der Waals surface area contributed by atoms with E-state index < -0.39 is 0 Å². The lowest BCUT2D eigenvalue weighted by molar-refractivity contribution is 0.176. The molecule has 3 rings (SSSR count). The molecule has 5 heteroatoms. The average molecular weight is 328 g/mol. The first-order valence-corrected chi connectivity index (χ1v) is 8.58. The van der Waals surface area contributed by atoms with Gasteiger partial charge in [-0.15, -0.1) is 0 Å². The van der Waals surface area contributed by atoms with Gasteiger partial charge in [-0.1, -0.05) is 29.3 Å². The van der Waals surface area contributed by atoms with Gasteiger partial charge in [0.05, 0.1) is 6.04 Å². The predicted octanol–water partition coefficient (Wildman–Crippen LogP) is 3.16. The highest BCUT2D eigenvalue weighted by Crippen LogP contribution is 2.35. The molecule has 0 aromatic heterocycles. The molecule has 0 spiro atoms. The molecule has 1 aromatic carbocycles. The van der Waals surface area contributed by atoms with Crippen molar-refractivity contribution in [1.82, 2.24) is 9.80 Å². The fourth-order valence-electron chi connectivity index (χ4n) is 3.80. The highest BCUT2D eigenvalue weighted by Gasteiger charge is 2.32. The second-order valence-electron chi connectivity index (χ2n) is 6.07. The molecule has 0 amide bonds. The van der Waals surface area contributed by atoms with Crippen molar-refractivity contribution < 1.29 is 0 Å². The molecule has 21 heavy (non-hydrogen) atoms. The van der Waals surface area contributed by atoms with Crippen LogP contribution in [0.2, 0.25) is 10.0 Å². The number of hydrogen-bond acceptors (Lipinski definition) is 3. The van der Waals surface area contributed by atoms with E-state index in [2.05, 4.69) is 9.80 Å². The number of hydrogen-bond donors (Lipinski definition) is 1. The Morgan fingerprint density at radius 2 is 1.86 bits per heavy atom. The molecular formula is C16H23Cl2N3. The standard InChI is InChI=1S/C16H23Cl2N3/c17-13-5-1-6-14(18)16(13)15(10-19)21-9-3-8-20-7-2-4-12(20)11-21/h1,5-6,12,15H,2-4,7-11,19H2. The van der Waals surface area contributed by atoms with Crippen LogP contribution in [0.25, 0.3) is 0 Å². The topological polar surface area (TPSA) is 32.5 Å². The van der Waals surface area contributed by atoms with Gasteiger partial charge in [-0.25, -0.2) is 0 Å². The SMILES string of the molecule is NCC(c1c(Cl)cccc1Cl)N1CCCN2CCCC2C1. The van der Waals surface area contributed by atoms with Crippen molar-refractivity contribution in [3.63, 3.8) is 0 Å². The smallest absolute Gasteiger partial charge is 0.0500 e. The molecule has 2 N–H and O–H groups in total. The molecule has 0 saturated carbocycles. The number of halogens is 2. The minimum absolute atomic E-state index is 0.117. The second kappa shape index (κ2) is 6.84. The van der Waals surface area contributed by atoms with Gasteiger partial charge in [0.15, 0.2) is 0 Å². The van der Waals surface area contributed by atoms with E-state index in [-0.39, 0.29) is 6.04 Å². The summed E-state index contributed by atoms with van der Waals surface area (Å²) in [6.45, 7) is 5.14. The Labute approximate surface area is 137 Å². The minimum atomic E-state index is 0.117. The molecule has 1 aromatic rings. The largest absolute Gasteiger partial charge is 0.329 e. The van der Waals surface area contributed by atoms with Crippen LogP contribution in [0.15, 0.2) is 18.2 Å². The van der Waals surface area contributed by atoms with Gasteiger partial charge in [0.1, 0.15) is 0 Å². The summed E-state index contributed by atoms with van der Waals surface area (Å²) < 4.78 is 0. The van der Waals surface area contributed by atoms with Gasteiger partial charge < -0.3 is 5.73 Å². The number of fused-ring (bicyclic) bond motifs is 1. The molecular weight excluding hydrogens is 305 g/mol. The Kier molecular flexibility index (Phi) is 5.07. The molecule has 2 unspecified atom stereocenters. The fourth-order valence-corrected chi connectivity index (χ4v) is 4.45. The molecule has 0 radical (unpaired) electrons. The first-order chi connectivity index (χ1) is 10.2. The third kappa shape index (κ3) is 3.22. The summed E-state index contributed by atoms with van der Waals surface area (Å²) in [4.78, 5) is 5.12. The van der Waals surface area contributed by atoms with Crippen LogP contribution < -0.4 is 5.73 Å². The zero-order valence-corrected chi connectivity index (χ0v) is 13.8. The van der Waals surface area contributed by atoms with E-state index in [9.17, 15) is 0 Å². The maximum atomic E-state index is 6.40. The lowest BCUT2D eigenvalue weighted by Crippen LogP contribution is -2.40. The Bertz CT molecular complexity index is 474. The minimum Gasteiger partial charge on any atom is -0.329 e. The number of nitrogens with two attached hydrogens (primary N) is 1. The maximum absolute atomic E-state index is 6.40. The lowest BCUT2D eigenvalue weighted by atomic mass is 10.0. The molecule has 2 aliphatic heterocycles. The first-order valence-electron chi connectivity index (χ1n) is 7.82. The van der Waals surface area contributed by atoms with Crippen molar-refractivity contribution in [1.29, 1.82) is 0 Å². The van der Waals surface area contributed by atoms with Gasteiger partial charge in [0.2, 0.25) is 0 Å². The number of benzene rings is 1. The fraction of sp³-hybridized carbons (Fsp3) is 0.625. The number of nitrogens with zero attached hydrogens (tertiary/aromatic N) is 2. The van der Waals surface area contributed by atoms with Gasteiger partial charge in [0.25, 0.3) is 0 Å². The normalized spacial score (nSPS) is 25.6. The van der Waals surface area contributed by atoms with Crippen molar-refractivity contribution in [2.75, 3.05) is 32.7 Å². The second-order valence-corrected chi connectivity index (χ2v) is 6.88. The molecule has 2 fully saturated rings. The van der Waals surface area contributed by atoms with E-state index in [0.29, 0.717) is 12.6 Å². The molecule has 3 nitrogen and oxygen atoms in total. The van der Waals surface area contributed by atoms with E-state index in [0.717, 1.165) is 28.7 Å². The summed E-state index contributed by atoms with van der Waals surface area (Å²) >= 11 is 12.8. The highest BCUT2D eigenvalue weighted by atomic mass is 35.5. The van der Waals surface area contributed by atoms with E-state index in [1.807, 2.05) is 18.2 Å². The van der Waals surface area contributed by atoms with Crippen molar-refractivity contribution in [2.45, 2.75) is 31.3 Å². The summed E-state index contributed by atoms with van der Waals surface area (Å²) in [6, 6.07) is 6.49. The monoisotopic (exact) mass is 327 g/mol. The van der Waals surface area contributed by atoms with Crippen LogP contribution in [0, 0.1) is 0 Å². The van der Waals surface area contributed by atoms with Crippen molar-refractivity contribution in [3.8, 4) is 0 Å². The highest BCUT2D eigenvalue weighted by molar-refractivity contribution is 6.36. The van der Waals surface area contributed by atoms with Crippen molar-refractivity contribution in [2.24, 2.45) is 5.73 Å². The quantitative estimate of drug-likeness (QED) is 0.925. The van der Waals surface area contributed by atoms with Crippen LogP contribution in [-0.4, -0.2) is 48.6 Å². The molecule has 2 heterocycles. The molecule has 2 saturated heterocycles. The van der Waals surface area contributed by atoms with E-state index in [1.165, 1.54) is 32.4 Å².